The molecular weight excluding hydrogens is 322 g/mol. The molecule has 0 unspecified atom stereocenters. The first-order chi connectivity index (χ1) is 12.0. The van der Waals surface area contributed by atoms with Crippen LogP contribution in [0.5, 0.6) is 5.75 Å². The molecule has 3 nitrogen and oxygen atoms in total. The van der Waals surface area contributed by atoms with Crippen LogP contribution in [0.2, 0.25) is 0 Å². The Balaban J connectivity index is 1.92. The van der Waals surface area contributed by atoms with Gasteiger partial charge in [0.15, 0.2) is 6.61 Å². The molecule has 2 aromatic rings. The number of carbonyl (C=O) groups excluding carboxylic acids is 1. The maximum Gasteiger partial charge on any atom is 0.262 e. The van der Waals surface area contributed by atoms with Crippen molar-refractivity contribution in [3.8, 4) is 5.75 Å². The average Bonchev–Trinajstić information content (AvgIpc) is 2.51. The second-order valence-electron chi connectivity index (χ2n) is 8.85. The van der Waals surface area contributed by atoms with Gasteiger partial charge in [-0.25, -0.2) is 0 Å². The summed E-state index contributed by atoms with van der Waals surface area (Å²) < 4.78 is 5.63. The first kappa shape index (κ1) is 20.0. The van der Waals surface area contributed by atoms with E-state index >= 15 is 0 Å². The molecule has 0 radical (unpaired) electrons. The molecule has 0 heterocycles. The third-order valence-electron chi connectivity index (χ3n) is 4.28. The lowest BCUT2D eigenvalue weighted by atomic mass is 9.72. The standard InChI is InChI=1S/C23H31NO2/c1-17-8-7-9-19(14-17)24-21(25)15-26-20-12-10-18(11-13-20)23(5,6)16-22(2,3)4/h7-14H,15-16H2,1-6H3,(H,24,25). The van der Waals surface area contributed by atoms with Crippen molar-refractivity contribution < 1.29 is 9.53 Å². The smallest absolute Gasteiger partial charge is 0.262 e. The van der Waals surface area contributed by atoms with Gasteiger partial charge in [0.05, 0.1) is 0 Å². The minimum Gasteiger partial charge on any atom is -0.484 e. The fraction of sp³-hybridized carbons (Fsp3) is 0.435. The van der Waals surface area contributed by atoms with Crippen molar-refractivity contribution in [2.45, 2.75) is 53.4 Å². The summed E-state index contributed by atoms with van der Waals surface area (Å²) in [5.41, 5.74) is 3.55. The minimum atomic E-state index is -0.160. The first-order valence-corrected chi connectivity index (χ1v) is 9.15. The quantitative estimate of drug-likeness (QED) is 0.720. The molecule has 0 aliphatic carbocycles. The Labute approximate surface area is 157 Å². The molecule has 0 saturated heterocycles. The Hall–Kier alpha value is -2.29. The lowest BCUT2D eigenvalue weighted by Crippen LogP contribution is -2.24. The molecule has 0 atom stereocenters. The molecule has 26 heavy (non-hydrogen) atoms. The SMILES string of the molecule is Cc1cccc(NC(=O)COc2ccc(C(C)(C)CC(C)(C)C)cc2)c1. The number of hydrogen-bond acceptors (Lipinski definition) is 2. The summed E-state index contributed by atoms with van der Waals surface area (Å²) in [4.78, 5) is 12.0. The summed E-state index contributed by atoms with van der Waals surface area (Å²) in [6, 6.07) is 15.8. The van der Waals surface area contributed by atoms with E-state index in [2.05, 4.69) is 52.1 Å². The second kappa shape index (κ2) is 7.94. The summed E-state index contributed by atoms with van der Waals surface area (Å²) in [5.74, 6) is 0.549. The van der Waals surface area contributed by atoms with E-state index in [1.54, 1.807) is 0 Å². The molecule has 2 aromatic carbocycles. The third kappa shape index (κ3) is 6.21. The van der Waals surface area contributed by atoms with Crippen molar-refractivity contribution in [2.24, 2.45) is 5.41 Å². The second-order valence-corrected chi connectivity index (χ2v) is 8.85. The van der Waals surface area contributed by atoms with Crippen LogP contribution in [-0.2, 0) is 10.2 Å². The highest BCUT2D eigenvalue weighted by molar-refractivity contribution is 5.91. The van der Waals surface area contributed by atoms with Crippen LogP contribution in [0, 0.1) is 12.3 Å². The van der Waals surface area contributed by atoms with Gasteiger partial charge < -0.3 is 10.1 Å². The molecule has 1 N–H and O–H groups in total. The van der Waals surface area contributed by atoms with Crippen molar-refractivity contribution in [2.75, 3.05) is 11.9 Å². The molecule has 0 aliphatic rings. The zero-order chi connectivity index (χ0) is 19.4. The molecule has 0 aromatic heterocycles. The van der Waals surface area contributed by atoms with Gasteiger partial charge in [-0.3, -0.25) is 4.79 Å². The number of ether oxygens (including phenoxy) is 1. The van der Waals surface area contributed by atoms with E-state index in [0.29, 0.717) is 5.75 Å². The van der Waals surface area contributed by atoms with Crippen LogP contribution in [0.4, 0.5) is 5.69 Å². The largest absolute Gasteiger partial charge is 0.484 e. The number of hydrogen-bond donors (Lipinski definition) is 1. The number of rotatable bonds is 6. The maximum absolute atomic E-state index is 12.0. The normalized spacial score (nSPS) is 11.9. The average molecular weight is 354 g/mol. The number of anilines is 1. The summed E-state index contributed by atoms with van der Waals surface area (Å²) in [6.07, 6.45) is 1.10. The van der Waals surface area contributed by atoms with Gasteiger partial charge in [-0.05, 0) is 59.6 Å². The fourth-order valence-electron chi connectivity index (χ4n) is 3.50. The van der Waals surface area contributed by atoms with Crippen LogP contribution in [0.25, 0.3) is 0 Å². The van der Waals surface area contributed by atoms with Crippen LogP contribution in [0.1, 0.15) is 52.2 Å². The van der Waals surface area contributed by atoms with E-state index in [9.17, 15) is 4.79 Å². The first-order valence-electron chi connectivity index (χ1n) is 9.15. The Morgan fingerprint density at radius 2 is 1.65 bits per heavy atom. The van der Waals surface area contributed by atoms with Gasteiger partial charge in [0.1, 0.15) is 5.75 Å². The fourth-order valence-corrected chi connectivity index (χ4v) is 3.50. The topological polar surface area (TPSA) is 38.3 Å². The van der Waals surface area contributed by atoms with E-state index in [0.717, 1.165) is 17.7 Å². The van der Waals surface area contributed by atoms with E-state index in [4.69, 9.17) is 4.74 Å². The Morgan fingerprint density at radius 3 is 2.23 bits per heavy atom. The Bertz CT molecular complexity index is 740. The minimum absolute atomic E-state index is 0.00132. The Kier molecular flexibility index (Phi) is 6.12. The van der Waals surface area contributed by atoms with Crippen LogP contribution >= 0.6 is 0 Å². The van der Waals surface area contributed by atoms with Crippen molar-refractivity contribution in [3.63, 3.8) is 0 Å². The van der Waals surface area contributed by atoms with Gasteiger partial charge in [0, 0.05) is 5.69 Å². The Morgan fingerprint density at radius 1 is 1.00 bits per heavy atom. The summed E-state index contributed by atoms with van der Waals surface area (Å²) in [5, 5.41) is 2.85. The molecule has 0 spiro atoms. The van der Waals surface area contributed by atoms with Crippen molar-refractivity contribution >= 4 is 11.6 Å². The lowest BCUT2D eigenvalue weighted by molar-refractivity contribution is -0.118. The monoisotopic (exact) mass is 353 g/mol. The summed E-state index contributed by atoms with van der Waals surface area (Å²) in [6.45, 7) is 13.3. The number of carbonyl (C=O) groups is 1. The van der Waals surface area contributed by atoms with E-state index in [-0.39, 0.29) is 23.3 Å². The van der Waals surface area contributed by atoms with Crippen molar-refractivity contribution in [1.29, 1.82) is 0 Å². The molecular formula is C23H31NO2. The van der Waals surface area contributed by atoms with Crippen molar-refractivity contribution in [1.82, 2.24) is 0 Å². The molecule has 140 valence electrons. The molecule has 1 amide bonds. The van der Waals surface area contributed by atoms with Crippen LogP contribution in [-0.4, -0.2) is 12.5 Å². The van der Waals surface area contributed by atoms with Crippen LogP contribution in [0.3, 0.4) is 0 Å². The van der Waals surface area contributed by atoms with E-state index in [1.807, 2.05) is 43.3 Å². The zero-order valence-electron chi connectivity index (χ0n) is 16.8. The van der Waals surface area contributed by atoms with Crippen LogP contribution < -0.4 is 10.1 Å². The number of nitrogens with one attached hydrogen (secondary N) is 1. The van der Waals surface area contributed by atoms with Gasteiger partial charge in [-0.15, -0.1) is 0 Å². The highest BCUT2D eigenvalue weighted by Gasteiger charge is 2.27. The van der Waals surface area contributed by atoms with Gasteiger partial charge in [-0.2, -0.15) is 0 Å². The highest BCUT2D eigenvalue weighted by Crippen LogP contribution is 2.36. The summed E-state index contributed by atoms with van der Waals surface area (Å²) >= 11 is 0. The predicted molar refractivity (Wildman–Crippen MR) is 109 cm³/mol. The van der Waals surface area contributed by atoms with Crippen LogP contribution in [0.15, 0.2) is 48.5 Å². The van der Waals surface area contributed by atoms with E-state index < -0.39 is 0 Å². The van der Waals surface area contributed by atoms with Crippen molar-refractivity contribution in [3.05, 3.63) is 59.7 Å². The molecule has 0 aliphatic heterocycles. The molecule has 0 fully saturated rings. The predicted octanol–water partition coefficient (Wildman–Crippen LogP) is 5.73. The lowest BCUT2D eigenvalue weighted by Gasteiger charge is -2.33. The maximum atomic E-state index is 12.0. The summed E-state index contributed by atoms with van der Waals surface area (Å²) in [7, 11) is 0. The molecule has 3 heteroatoms. The number of benzene rings is 2. The van der Waals surface area contributed by atoms with Gasteiger partial charge in [-0.1, -0.05) is 58.9 Å². The van der Waals surface area contributed by atoms with Gasteiger partial charge in [0.2, 0.25) is 0 Å². The molecule has 0 saturated carbocycles. The third-order valence-corrected chi connectivity index (χ3v) is 4.28. The van der Waals surface area contributed by atoms with Gasteiger partial charge >= 0.3 is 0 Å². The molecule has 2 rings (SSSR count). The van der Waals surface area contributed by atoms with E-state index in [1.165, 1.54) is 5.56 Å². The zero-order valence-corrected chi connectivity index (χ0v) is 16.8. The number of amides is 1. The van der Waals surface area contributed by atoms with Gasteiger partial charge in [0.25, 0.3) is 5.91 Å². The number of aryl methyl sites for hydroxylation is 1. The molecule has 0 bridgehead atoms. The highest BCUT2D eigenvalue weighted by atomic mass is 16.5.